The summed E-state index contributed by atoms with van der Waals surface area (Å²) < 4.78 is 7.57. The second-order valence-electron chi connectivity index (χ2n) is 4.89. The van der Waals surface area contributed by atoms with Gasteiger partial charge in [0.25, 0.3) is 0 Å². The lowest BCUT2D eigenvalue weighted by Crippen LogP contribution is -2.21. The molecule has 0 aromatic carbocycles. The number of hydrogen-bond acceptors (Lipinski definition) is 3. The van der Waals surface area contributed by atoms with E-state index in [-0.39, 0.29) is 6.04 Å². The summed E-state index contributed by atoms with van der Waals surface area (Å²) in [6.07, 6.45) is 3.08. The van der Waals surface area contributed by atoms with Crippen molar-refractivity contribution in [1.29, 1.82) is 0 Å². The zero-order valence-corrected chi connectivity index (χ0v) is 11.1. The van der Waals surface area contributed by atoms with Gasteiger partial charge >= 0.3 is 0 Å². The molecule has 2 N–H and O–H groups in total. The van der Waals surface area contributed by atoms with Crippen LogP contribution in [-0.4, -0.2) is 23.0 Å². The number of nitrogens with zero attached hydrogens (tertiary/aromatic N) is 2. The van der Waals surface area contributed by atoms with E-state index in [0.717, 1.165) is 38.2 Å². The van der Waals surface area contributed by atoms with Crippen molar-refractivity contribution in [2.24, 2.45) is 5.73 Å². The maximum Gasteiger partial charge on any atom is 0.0644 e. The minimum atomic E-state index is 0.114. The van der Waals surface area contributed by atoms with Crippen LogP contribution >= 0.6 is 0 Å². The monoisotopic (exact) mass is 237 g/mol. The molecule has 0 bridgehead atoms. The van der Waals surface area contributed by atoms with Crippen molar-refractivity contribution in [1.82, 2.24) is 9.78 Å². The van der Waals surface area contributed by atoms with Gasteiger partial charge in [0, 0.05) is 30.5 Å². The number of hydrogen-bond donors (Lipinski definition) is 1. The van der Waals surface area contributed by atoms with Crippen LogP contribution in [0.3, 0.4) is 0 Å². The summed E-state index contributed by atoms with van der Waals surface area (Å²) in [6, 6.07) is 0.601. The van der Waals surface area contributed by atoms with Crippen molar-refractivity contribution < 1.29 is 4.74 Å². The Morgan fingerprint density at radius 2 is 2.06 bits per heavy atom. The summed E-state index contributed by atoms with van der Waals surface area (Å²) in [6.45, 7) is 8.01. The summed E-state index contributed by atoms with van der Waals surface area (Å²) in [4.78, 5) is 0. The molecule has 2 rings (SSSR count). The molecule has 1 unspecified atom stereocenters. The Kier molecular flexibility index (Phi) is 3.84. The lowest BCUT2D eigenvalue weighted by Gasteiger charge is -2.24. The highest BCUT2D eigenvalue weighted by atomic mass is 16.5. The molecule has 4 nitrogen and oxygen atoms in total. The summed E-state index contributed by atoms with van der Waals surface area (Å²) in [5.41, 5.74) is 9.72. The largest absolute Gasteiger partial charge is 0.381 e. The third-order valence-electron chi connectivity index (χ3n) is 3.73. The second-order valence-corrected chi connectivity index (χ2v) is 4.89. The van der Waals surface area contributed by atoms with Crippen molar-refractivity contribution in [3.05, 3.63) is 17.0 Å². The van der Waals surface area contributed by atoms with E-state index in [2.05, 4.69) is 30.6 Å². The number of aryl methyl sites for hydroxylation is 1. The molecule has 1 aromatic rings. The number of rotatable bonds is 3. The Hall–Kier alpha value is -0.870. The zero-order chi connectivity index (χ0) is 12.4. The van der Waals surface area contributed by atoms with E-state index < -0.39 is 0 Å². The molecule has 96 valence electrons. The first-order valence-corrected chi connectivity index (χ1v) is 6.54. The quantitative estimate of drug-likeness (QED) is 0.877. The van der Waals surface area contributed by atoms with E-state index in [9.17, 15) is 0 Å². The Bertz CT molecular complexity index is 380. The molecule has 0 radical (unpaired) electrons. The minimum Gasteiger partial charge on any atom is -0.381 e. The van der Waals surface area contributed by atoms with Crippen LogP contribution in [0, 0.1) is 13.8 Å². The van der Waals surface area contributed by atoms with Crippen molar-refractivity contribution in [3.8, 4) is 0 Å². The van der Waals surface area contributed by atoms with E-state index in [1.165, 1.54) is 11.3 Å². The number of aromatic nitrogens is 2. The Morgan fingerprint density at radius 1 is 1.41 bits per heavy atom. The average Bonchev–Trinajstić information content (AvgIpc) is 2.65. The van der Waals surface area contributed by atoms with Gasteiger partial charge in [0.15, 0.2) is 0 Å². The van der Waals surface area contributed by atoms with Crippen LogP contribution in [0.15, 0.2) is 0 Å². The van der Waals surface area contributed by atoms with Crippen LogP contribution < -0.4 is 5.73 Å². The highest BCUT2D eigenvalue weighted by molar-refractivity contribution is 5.28. The molecular formula is C13H23N3O. The fourth-order valence-corrected chi connectivity index (χ4v) is 2.70. The van der Waals surface area contributed by atoms with E-state index in [4.69, 9.17) is 10.5 Å². The van der Waals surface area contributed by atoms with Gasteiger partial charge in [-0.3, -0.25) is 4.68 Å². The van der Waals surface area contributed by atoms with Gasteiger partial charge in [-0.2, -0.15) is 5.10 Å². The van der Waals surface area contributed by atoms with Crippen LogP contribution in [0.1, 0.15) is 55.2 Å². The molecular weight excluding hydrogens is 214 g/mol. The maximum atomic E-state index is 6.16. The van der Waals surface area contributed by atoms with Crippen LogP contribution in [0.25, 0.3) is 0 Å². The predicted molar refractivity (Wildman–Crippen MR) is 68.0 cm³/mol. The Morgan fingerprint density at radius 3 is 2.65 bits per heavy atom. The van der Waals surface area contributed by atoms with Crippen molar-refractivity contribution >= 4 is 0 Å². The first-order valence-electron chi connectivity index (χ1n) is 6.54. The molecule has 1 aliphatic rings. The Balaban J connectivity index is 2.29. The van der Waals surface area contributed by atoms with Gasteiger partial charge in [-0.05, 0) is 33.1 Å². The van der Waals surface area contributed by atoms with Crippen LogP contribution in [0.2, 0.25) is 0 Å². The number of ether oxygens (including phenoxy) is 1. The third-order valence-corrected chi connectivity index (χ3v) is 3.73. The van der Waals surface area contributed by atoms with E-state index in [1.807, 2.05) is 0 Å². The molecule has 1 aliphatic heterocycles. The van der Waals surface area contributed by atoms with Gasteiger partial charge in [-0.1, -0.05) is 6.92 Å². The summed E-state index contributed by atoms with van der Waals surface area (Å²) in [5.74, 6) is 0. The molecule has 17 heavy (non-hydrogen) atoms. The molecule has 0 spiro atoms. The molecule has 4 heteroatoms. The molecule has 1 aromatic heterocycles. The molecule has 1 saturated heterocycles. The smallest absolute Gasteiger partial charge is 0.0644 e. The van der Waals surface area contributed by atoms with Gasteiger partial charge < -0.3 is 10.5 Å². The molecule has 0 saturated carbocycles. The normalized spacial score (nSPS) is 19.5. The molecule has 2 heterocycles. The summed E-state index contributed by atoms with van der Waals surface area (Å²) in [7, 11) is 0. The van der Waals surface area contributed by atoms with Crippen LogP contribution in [-0.2, 0) is 4.74 Å². The minimum absolute atomic E-state index is 0.114. The SMILES string of the molecule is CCC(N)c1c(C)nn(C2CCOCC2)c1C. The van der Waals surface area contributed by atoms with Crippen molar-refractivity contribution in [3.63, 3.8) is 0 Å². The first-order chi connectivity index (χ1) is 8.15. The average molecular weight is 237 g/mol. The summed E-state index contributed by atoms with van der Waals surface area (Å²) in [5, 5.41) is 4.68. The standard InChI is InChI=1S/C13H23N3O/c1-4-12(14)13-9(2)15-16(10(13)3)11-5-7-17-8-6-11/h11-12H,4-8,14H2,1-3H3. The van der Waals surface area contributed by atoms with E-state index >= 15 is 0 Å². The fraction of sp³-hybridized carbons (Fsp3) is 0.769. The van der Waals surface area contributed by atoms with Crippen LogP contribution in [0.4, 0.5) is 0 Å². The van der Waals surface area contributed by atoms with E-state index in [1.54, 1.807) is 0 Å². The number of nitrogens with two attached hydrogens (primary N) is 1. The highest BCUT2D eigenvalue weighted by Gasteiger charge is 2.23. The molecule has 1 fully saturated rings. The van der Waals surface area contributed by atoms with Crippen molar-refractivity contribution in [2.45, 2.75) is 52.1 Å². The first kappa shape index (κ1) is 12.6. The van der Waals surface area contributed by atoms with Gasteiger partial charge in [0.05, 0.1) is 11.7 Å². The van der Waals surface area contributed by atoms with Gasteiger partial charge in [-0.15, -0.1) is 0 Å². The highest BCUT2D eigenvalue weighted by Crippen LogP contribution is 2.28. The van der Waals surface area contributed by atoms with Gasteiger partial charge in [0.2, 0.25) is 0 Å². The van der Waals surface area contributed by atoms with Crippen molar-refractivity contribution in [2.75, 3.05) is 13.2 Å². The van der Waals surface area contributed by atoms with Gasteiger partial charge in [0.1, 0.15) is 0 Å². The zero-order valence-electron chi connectivity index (χ0n) is 11.1. The maximum absolute atomic E-state index is 6.16. The topological polar surface area (TPSA) is 53.1 Å². The van der Waals surface area contributed by atoms with Gasteiger partial charge in [-0.25, -0.2) is 0 Å². The molecule has 0 aliphatic carbocycles. The lowest BCUT2D eigenvalue weighted by atomic mass is 10.0. The molecule has 0 amide bonds. The van der Waals surface area contributed by atoms with E-state index in [0.29, 0.717) is 6.04 Å². The second kappa shape index (κ2) is 5.19. The predicted octanol–water partition coefficient (Wildman–Crippen LogP) is 2.26. The fourth-order valence-electron chi connectivity index (χ4n) is 2.70. The van der Waals surface area contributed by atoms with Crippen LogP contribution in [0.5, 0.6) is 0 Å². The molecule has 1 atom stereocenters. The lowest BCUT2D eigenvalue weighted by molar-refractivity contribution is 0.0655. The Labute approximate surface area is 103 Å². The summed E-state index contributed by atoms with van der Waals surface area (Å²) >= 11 is 0. The third kappa shape index (κ3) is 2.38.